The summed E-state index contributed by atoms with van der Waals surface area (Å²) in [5.41, 5.74) is 0.915. The van der Waals surface area contributed by atoms with Gasteiger partial charge < -0.3 is 20.7 Å². The molecule has 0 radical (unpaired) electrons. The zero-order valence-corrected chi connectivity index (χ0v) is 20.8. The Bertz CT molecular complexity index is 773. The Hall–Kier alpha value is -2.55. The number of likely N-dealkylation sites (N-methyl/N-ethyl adjacent to an activating group) is 1. The Morgan fingerprint density at radius 1 is 0.939 bits per heavy atom. The van der Waals surface area contributed by atoms with Crippen molar-refractivity contribution in [3.05, 3.63) is 35.9 Å². The van der Waals surface area contributed by atoms with Crippen molar-refractivity contribution in [2.45, 2.75) is 69.7 Å². The molecule has 1 rings (SSSR count). The molecule has 0 aliphatic carbocycles. The minimum Gasteiger partial charge on any atom is -0.469 e. The second kappa shape index (κ2) is 15.3. The van der Waals surface area contributed by atoms with E-state index < -0.39 is 23.2 Å². The molecule has 0 saturated heterocycles. The molecule has 0 bridgehead atoms. The molecule has 0 aliphatic heterocycles. The van der Waals surface area contributed by atoms with E-state index in [1.54, 1.807) is 0 Å². The third-order valence-electron chi connectivity index (χ3n) is 5.14. The Kier molecular flexibility index (Phi) is 13.2. The molecular weight excluding hydrogens is 442 g/mol. The van der Waals surface area contributed by atoms with Gasteiger partial charge in [-0.3, -0.25) is 19.2 Å². The molecule has 8 nitrogen and oxygen atoms in total. The first kappa shape index (κ1) is 28.5. The fourth-order valence-corrected chi connectivity index (χ4v) is 3.57. The highest BCUT2D eigenvalue weighted by Gasteiger charge is 2.28. The van der Waals surface area contributed by atoms with Crippen molar-refractivity contribution in [1.29, 1.82) is 0 Å². The average molecular weight is 480 g/mol. The van der Waals surface area contributed by atoms with Crippen LogP contribution in [0.3, 0.4) is 0 Å². The van der Waals surface area contributed by atoms with Crippen LogP contribution in [0.15, 0.2) is 30.3 Å². The summed E-state index contributed by atoms with van der Waals surface area (Å²) in [6, 6.07) is 7.86. The second-order valence-corrected chi connectivity index (χ2v) is 9.02. The Labute approximate surface area is 202 Å². The van der Waals surface area contributed by atoms with Crippen molar-refractivity contribution < 1.29 is 23.9 Å². The number of methoxy groups -OCH3 is 1. The van der Waals surface area contributed by atoms with Crippen molar-refractivity contribution in [1.82, 2.24) is 16.0 Å². The van der Waals surface area contributed by atoms with Crippen LogP contribution in [0.4, 0.5) is 0 Å². The summed E-state index contributed by atoms with van der Waals surface area (Å²) in [6.45, 7) is 3.91. The molecule has 0 aromatic heterocycles. The molecule has 3 N–H and O–H groups in total. The predicted molar refractivity (Wildman–Crippen MR) is 131 cm³/mol. The fraction of sp³-hybridized carbons (Fsp3) is 0.583. The molecule has 9 heteroatoms. The highest BCUT2D eigenvalue weighted by molar-refractivity contribution is 7.81. The summed E-state index contributed by atoms with van der Waals surface area (Å²) in [4.78, 5) is 49.3. The number of hydrogen-bond acceptors (Lipinski definition) is 6. The molecule has 3 amide bonds. The lowest BCUT2D eigenvalue weighted by molar-refractivity contribution is -0.140. The quantitative estimate of drug-likeness (QED) is 0.185. The van der Waals surface area contributed by atoms with Crippen molar-refractivity contribution in [2.24, 2.45) is 5.92 Å². The van der Waals surface area contributed by atoms with Gasteiger partial charge in [-0.05, 0) is 30.7 Å². The Morgan fingerprint density at radius 2 is 1.58 bits per heavy atom. The maximum atomic E-state index is 13.0. The zero-order chi connectivity index (χ0) is 24.8. The number of hydrogen-bond donors (Lipinski definition) is 4. The lowest BCUT2D eigenvalue weighted by Crippen LogP contribution is -2.55. The van der Waals surface area contributed by atoms with E-state index in [1.165, 1.54) is 14.2 Å². The normalized spacial score (nSPS) is 13.5. The van der Waals surface area contributed by atoms with Gasteiger partial charge in [0.1, 0.15) is 12.1 Å². The molecule has 1 unspecified atom stereocenters. The van der Waals surface area contributed by atoms with Crippen LogP contribution in [-0.2, 0) is 30.3 Å². The van der Waals surface area contributed by atoms with Crippen LogP contribution >= 0.6 is 12.6 Å². The first-order valence-corrected chi connectivity index (χ1v) is 11.8. The number of carbonyl (C=O) groups is 4. The minimum atomic E-state index is -0.787. The van der Waals surface area contributed by atoms with Gasteiger partial charge in [0.2, 0.25) is 17.7 Å². The molecule has 0 spiro atoms. The topological polar surface area (TPSA) is 114 Å². The second-order valence-electron chi connectivity index (χ2n) is 8.39. The van der Waals surface area contributed by atoms with Gasteiger partial charge >= 0.3 is 5.97 Å². The molecule has 0 aliphatic rings. The standard InChI is InChI=1S/C24H37N3O5S/c1-16(2)14-18(27-24(31)20(33)12-8-9-13-21(28)32-4)23(30)26-19(22(29)25-3)15-17-10-6-5-7-11-17/h5-7,10-11,16,18-20,33H,8-9,12-15H2,1-4H3,(H,25,29)(H,26,30)(H,27,31)/t18-,19-,20?/m0/s1. The van der Waals surface area contributed by atoms with E-state index in [2.05, 4.69) is 33.3 Å². The monoisotopic (exact) mass is 479 g/mol. The molecule has 184 valence electrons. The number of rotatable bonds is 14. The zero-order valence-electron chi connectivity index (χ0n) is 19.9. The van der Waals surface area contributed by atoms with E-state index in [9.17, 15) is 19.2 Å². The molecular formula is C24H37N3O5S. The molecule has 33 heavy (non-hydrogen) atoms. The summed E-state index contributed by atoms with van der Waals surface area (Å²) in [6.07, 6.45) is 2.75. The first-order chi connectivity index (χ1) is 15.7. The van der Waals surface area contributed by atoms with Gasteiger partial charge in [0.15, 0.2) is 0 Å². The van der Waals surface area contributed by atoms with Crippen LogP contribution < -0.4 is 16.0 Å². The van der Waals surface area contributed by atoms with Gasteiger partial charge in [-0.15, -0.1) is 0 Å². The lowest BCUT2D eigenvalue weighted by atomic mass is 10.0. The van der Waals surface area contributed by atoms with E-state index >= 15 is 0 Å². The number of unbranched alkanes of at least 4 members (excludes halogenated alkanes) is 1. The van der Waals surface area contributed by atoms with E-state index in [-0.39, 0.29) is 23.7 Å². The number of nitrogens with one attached hydrogen (secondary N) is 3. The van der Waals surface area contributed by atoms with E-state index in [0.29, 0.717) is 38.5 Å². The third-order valence-corrected chi connectivity index (χ3v) is 5.63. The maximum absolute atomic E-state index is 13.0. The largest absolute Gasteiger partial charge is 0.469 e. The van der Waals surface area contributed by atoms with E-state index in [4.69, 9.17) is 0 Å². The summed E-state index contributed by atoms with van der Waals surface area (Å²) >= 11 is 4.37. The molecule has 1 aromatic rings. The van der Waals surface area contributed by atoms with E-state index in [0.717, 1.165) is 5.56 Å². The number of amides is 3. The number of esters is 1. The number of thiol groups is 1. The SMILES string of the molecule is CNC(=O)[C@H](Cc1ccccc1)NC(=O)[C@H](CC(C)C)NC(=O)C(S)CCCCC(=O)OC. The third kappa shape index (κ3) is 11.2. The van der Waals surface area contributed by atoms with Gasteiger partial charge in [-0.1, -0.05) is 50.6 Å². The van der Waals surface area contributed by atoms with Crippen LogP contribution in [0.1, 0.15) is 51.5 Å². The molecule has 0 saturated carbocycles. The summed E-state index contributed by atoms with van der Waals surface area (Å²) < 4.78 is 4.60. The molecule has 0 heterocycles. The van der Waals surface area contributed by atoms with Gasteiger partial charge in [-0.2, -0.15) is 12.6 Å². The maximum Gasteiger partial charge on any atom is 0.305 e. The van der Waals surface area contributed by atoms with E-state index in [1.807, 2.05) is 44.2 Å². The minimum absolute atomic E-state index is 0.145. The average Bonchev–Trinajstić information content (AvgIpc) is 2.80. The van der Waals surface area contributed by atoms with Crippen LogP contribution in [0, 0.1) is 5.92 Å². The molecule has 3 atom stereocenters. The number of benzene rings is 1. The molecule has 1 aromatic carbocycles. The van der Waals surface area contributed by atoms with Crippen LogP contribution in [-0.4, -0.2) is 55.2 Å². The number of carbonyl (C=O) groups excluding carboxylic acids is 4. The highest BCUT2D eigenvalue weighted by Crippen LogP contribution is 2.12. The van der Waals surface area contributed by atoms with Crippen molar-refractivity contribution in [2.75, 3.05) is 14.2 Å². The smallest absolute Gasteiger partial charge is 0.305 e. The van der Waals surface area contributed by atoms with Crippen LogP contribution in [0.25, 0.3) is 0 Å². The van der Waals surface area contributed by atoms with Gasteiger partial charge in [0.25, 0.3) is 0 Å². The predicted octanol–water partition coefficient (Wildman–Crippen LogP) is 2.02. The number of ether oxygens (including phenoxy) is 1. The van der Waals surface area contributed by atoms with Gasteiger partial charge in [0, 0.05) is 19.9 Å². The van der Waals surface area contributed by atoms with Crippen LogP contribution in [0.2, 0.25) is 0 Å². The van der Waals surface area contributed by atoms with Crippen molar-refractivity contribution >= 4 is 36.3 Å². The summed E-state index contributed by atoms with van der Waals surface area (Å²) in [7, 11) is 2.86. The fourth-order valence-electron chi connectivity index (χ4n) is 3.32. The Balaban J connectivity index is 2.75. The highest BCUT2D eigenvalue weighted by atomic mass is 32.1. The van der Waals surface area contributed by atoms with Gasteiger partial charge in [0.05, 0.1) is 12.4 Å². The van der Waals surface area contributed by atoms with Gasteiger partial charge in [-0.25, -0.2) is 0 Å². The Morgan fingerprint density at radius 3 is 2.15 bits per heavy atom. The first-order valence-electron chi connectivity index (χ1n) is 11.3. The summed E-state index contributed by atoms with van der Waals surface area (Å²) in [5, 5.41) is 7.56. The van der Waals surface area contributed by atoms with Crippen molar-refractivity contribution in [3.8, 4) is 0 Å². The lowest BCUT2D eigenvalue weighted by Gasteiger charge is -2.25. The summed E-state index contributed by atoms with van der Waals surface area (Å²) in [5.74, 6) is -1.21. The van der Waals surface area contributed by atoms with Crippen LogP contribution in [0.5, 0.6) is 0 Å². The molecule has 0 fully saturated rings. The van der Waals surface area contributed by atoms with Crippen molar-refractivity contribution in [3.63, 3.8) is 0 Å².